The molecule has 1 nitrogen and oxygen atoms in total. The zero-order valence-electron chi connectivity index (χ0n) is 9.86. The summed E-state index contributed by atoms with van der Waals surface area (Å²) >= 11 is 7.94. The second-order valence-electron chi connectivity index (χ2n) is 4.39. The van der Waals surface area contributed by atoms with Crippen molar-refractivity contribution in [2.24, 2.45) is 0 Å². The zero-order valence-corrected chi connectivity index (χ0v) is 11.4. The molecule has 2 aromatic carbocycles. The van der Waals surface area contributed by atoms with Crippen LogP contribution in [0.4, 0.5) is 4.39 Å². The number of hydrogen-bond donors (Lipinski definition) is 0. The minimum Gasteiger partial charge on any atom is -0.207 e. The van der Waals surface area contributed by atoms with E-state index in [1.54, 1.807) is 12.1 Å². The van der Waals surface area contributed by atoms with E-state index in [1.807, 2.05) is 12.1 Å². The van der Waals surface area contributed by atoms with Crippen LogP contribution in [0.1, 0.15) is 22.1 Å². The Morgan fingerprint density at radius 3 is 2.84 bits per heavy atom. The van der Waals surface area contributed by atoms with Gasteiger partial charge in [-0.3, -0.25) is 0 Å². The molecule has 2 aromatic rings. The van der Waals surface area contributed by atoms with Gasteiger partial charge in [0.1, 0.15) is 5.82 Å². The molecule has 0 saturated carbocycles. The van der Waals surface area contributed by atoms with E-state index in [4.69, 9.17) is 16.9 Å². The third-order valence-electron chi connectivity index (χ3n) is 3.12. The van der Waals surface area contributed by atoms with Crippen LogP contribution < -0.4 is 0 Å². The monoisotopic (exact) mass is 289 g/mol. The van der Waals surface area contributed by atoms with Crippen LogP contribution in [0.3, 0.4) is 0 Å². The lowest BCUT2D eigenvalue weighted by atomic mass is 10.0. The van der Waals surface area contributed by atoms with E-state index in [0.29, 0.717) is 12.0 Å². The molecule has 0 saturated heterocycles. The summed E-state index contributed by atoms with van der Waals surface area (Å²) in [5.41, 5.74) is 2.59. The lowest BCUT2D eigenvalue weighted by molar-refractivity contribution is 0.622. The highest BCUT2D eigenvalue weighted by atomic mass is 35.5. The lowest BCUT2D eigenvalue weighted by Gasteiger charge is -2.10. The van der Waals surface area contributed by atoms with Gasteiger partial charge in [-0.05, 0) is 47.9 Å². The molecular weight excluding hydrogens is 281 g/mol. The number of nitrogens with zero attached hydrogens (tertiary/aromatic N) is 1. The van der Waals surface area contributed by atoms with Crippen LogP contribution in [-0.2, 0) is 6.42 Å². The van der Waals surface area contributed by atoms with Gasteiger partial charge < -0.3 is 0 Å². The number of rotatable bonds is 0. The van der Waals surface area contributed by atoms with Gasteiger partial charge >= 0.3 is 0 Å². The van der Waals surface area contributed by atoms with Crippen LogP contribution >= 0.6 is 23.4 Å². The molecule has 19 heavy (non-hydrogen) atoms. The van der Waals surface area contributed by atoms with Gasteiger partial charge in [-0.15, -0.1) is 11.6 Å². The number of fused-ring (bicyclic) bond motifs is 2. The summed E-state index contributed by atoms with van der Waals surface area (Å²) in [6.45, 7) is 0. The molecule has 0 aliphatic carbocycles. The van der Waals surface area contributed by atoms with Crippen molar-refractivity contribution >= 4 is 23.4 Å². The Labute approximate surface area is 120 Å². The van der Waals surface area contributed by atoms with Gasteiger partial charge in [0, 0.05) is 9.79 Å². The molecule has 0 amide bonds. The largest absolute Gasteiger partial charge is 0.207 e. The van der Waals surface area contributed by atoms with Gasteiger partial charge in [0.25, 0.3) is 0 Å². The SMILES string of the molecule is N#Cc1ccc2c(c1)C(Cl)Cc1ccc(F)cc1S2. The van der Waals surface area contributed by atoms with E-state index in [0.717, 1.165) is 20.9 Å². The summed E-state index contributed by atoms with van der Waals surface area (Å²) in [6.07, 6.45) is 0.645. The Kier molecular flexibility index (Phi) is 3.22. The summed E-state index contributed by atoms with van der Waals surface area (Å²) in [5.74, 6) is -0.241. The van der Waals surface area contributed by atoms with E-state index >= 15 is 0 Å². The average Bonchev–Trinajstić information content (AvgIpc) is 2.54. The van der Waals surface area contributed by atoms with E-state index in [9.17, 15) is 4.39 Å². The molecule has 1 aliphatic rings. The maximum atomic E-state index is 13.3. The first-order valence-corrected chi connectivity index (χ1v) is 7.07. The van der Waals surface area contributed by atoms with Gasteiger partial charge in [-0.25, -0.2) is 4.39 Å². The van der Waals surface area contributed by atoms with Crippen molar-refractivity contribution in [2.45, 2.75) is 21.6 Å². The molecule has 1 heterocycles. The Balaban J connectivity index is 2.13. The molecule has 1 unspecified atom stereocenters. The number of benzene rings is 2. The van der Waals surface area contributed by atoms with Crippen LogP contribution in [0.5, 0.6) is 0 Å². The van der Waals surface area contributed by atoms with Gasteiger partial charge in [0.15, 0.2) is 0 Å². The van der Waals surface area contributed by atoms with Crippen LogP contribution in [0.25, 0.3) is 0 Å². The van der Waals surface area contributed by atoms with E-state index in [1.165, 1.54) is 23.9 Å². The Bertz CT molecular complexity index is 693. The van der Waals surface area contributed by atoms with E-state index in [2.05, 4.69) is 6.07 Å². The van der Waals surface area contributed by atoms with Gasteiger partial charge in [0.05, 0.1) is 17.0 Å². The standard InChI is InChI=1S/C15H9ClFNS/c16-13-6-10-2-3-11(17)7-15(10)19-14-4-1-9(8-18)5-12(13)14/h1-5,7,13H,6H2. The quantitative estimate of drug-likeness (QED) is 0.657. The number of hydrogen-bond acceptors (Lipinski definition) is 2. The first kappa shape index (κ1) is 12.5. The Hall–Kier alpha value is -1.50. The molecule has 0 fully saturated rings. The predicted octanol–water partition coefficient (Wildman–Crippen LogP) is 4.68. The van der Waals surface area contributed by atoms with Crippen molar-refractivity contribution in [1.29, 1.82) is 5.26 Å². The highest BCUT2D eigenvalue weighted by molar-refractivity contribution is 7.99. The summed E-state index contributed by atoms with van der Waals surface area (Å²) in [5, 5.41) is 8.76. The van der Waals surface area contributed by atoms with Crippen molar-refractivity contribution in [3.63, 3.8) is 0 Å². The van der Waals surface area contributed by atoms with Crippen LogP contribution in [-0.4, -0.2) is 0 Å². The molecule has 0 aromatic heterocycles. The molecular formula is C15H9ClFNS. The molecule has 4 heteroatoms. The van der Waals surface area contributed by atoms with E-state index < -0.39 is 0 Å². The first-order valence-electron chi connectivity index (χ1n) is 5.82. The second kappa shape index (κ2) is 4.88. The maximum Gasteiger partial charge on any atom is 0.124 e. The van der Waals surface area contributed by atoms with Crippen molar-refractivity contribution in [1.82, 2.24) is 0 Å². The smallest absolute Gasteiger partial charge is 0.124 e. The topological polar surface area (TPSA) is 23.8 Å². The average molecular weight is 290 g/mol. The van der Waals surface area contributed by atoms with Crippen molar-refractivity contribution < 1.29 is 4.39 Å². The highest BCUT2D eigenvalue weighted by Gasteiger charge is 2.21. The summed E-state index contributed by atoms with van der Waals surface area (Å²) in [4.78, 5) is 1.89. The molecule has 94 valence electrons. The molecule has 1 atom stereocenters. The maximum absolute atomic E-state index is 13.3. The van der Waals surface area contributed by atoms with Gasteiger partial charge in [0.2, 0.25) is 0 Å². The number of halogens is 2. The zero-order chi connectivity index (χ0) is 13.4. The third kappa shape index (κ3) is 2.34. The molecule has 0 bridgehead atoms. The van der Waals surface area contributed by atoms with Gasteiger partial charge in [-0.1, -0.05) is 17.8 Å². The third-order valence-corrected chi connectivity index (χ3v) is 4.71. The fourth-order valence-corrected chi connectivity index (χ4v) is 3.73. The number of nitriles is 1. The first-order chi connectivity index (χ1) is 9.17. The van der Waals surface area contributed by atoms with Crippen LogP contribution in [0.15, 0.2) is 46.2 Å². The molecule has 0 N–H and O–H groups in total. The van der Waals surface area contributed by atoms with Gasteiger partial charge in [-0.2, -0.15) is 5.26 Å². The normalized spacial score (nSPS) is 17.0. The summed E-state index contributed by atoms with van der Waals surface area (Å²) in [7, 11) is 0. The van der Waals surface area contributed by atoms with Crippen LogP contribution in [0, 0.1) is 17.1 Å². The molecule has 3 rings (SSSR count). The predicted molar refractivity (Wildman–Crippen MR) is 74.0 cm³/mol. The van der Waals surface area contributed by atoms with Crippen LogP contribution in [0.2, 0.25) is 0 Å². The molecule has 0 spiro atoms. The number of alkyl halides is 1. The van der Waals surface area contributed by atoms with E-state index in [-0.39, 0.29) is 11.2 Å². The molecule has 1 aliphatic heterocycles. The molecule has 0 radical (unpaired) electrons. The fourth-order valence-electron chi connectivity index (χ4n) is 2.17. The Morgan fingerprint density at radius 2 is 2.05 bits per heavy atom. The van der Waals surface area contributed by atoms with Crippen molar-refractivity contribution in [3.8, 4) is 6.07 Å². The minimum atomic E-state index is -0.241. The Morgan fingerprint density at radius 1 is 1.21 bits per heavy atom. The highest BCUT2D eigenvalue weighted by Crippen LogP contribution is 2.43. The second-order valence-corrected chi connectivity index (χ2v) is 6.00. The fraction of sp³-hybridized carbons (Fsp3) is 0.133. The summed E-state index contributed by atoms with van der Waals surface area (Å²) in [6, 6.07) is 12.4. The lowest BCUT2D eigenvalue weighted by Crippen LogP contribution is -1.96. The van der Waals surface area contributed by atoms with Crippen molar-refractivity contribution in [2.75, 3.05) is 0 Å². The summed E-state index contributed by atoms with van der Waals surface area (Å²) < 4.78 is 13.3. The van der Waals surface area contributed by atoms with Crippen molar-refractivity contribution in [3.05, 3.63) is 58.9 Å². The minimum absolute atomic E-state index is 0.192.